The minimum atomic E-state index is -0.581. The van der Waals surface area contributed by atoms with Gasteiger partial charge in [-0.05, 0) is 25.5 Å². The van der Waals surface area contributed by atoms with Gasteiger partial charge in [0.05, 0.1) is 18.3 Å². The van der Waals surface area contributed by atoms with E-state index in [1.54, 1.807) is 29.8 Å². The van der Waals surface area contributed by atoms with Gasteiger partial charge in [-0.2, -0.15) is 5.10 Å². The molecule has 0 aliphatic heterocycles. The number of nitrogens with zero attached hydrogens (tertiary/aromatic N) is 2. The summed E-state index contributed by atoms with van der Waals surface area (Å²) in [4.78, 5) is 35.5. The first-order valence-corrected chi connectivity index (χ1v) is 8.05. The number of rotatable bonds is 7. The highest BCUT2D eigenvalue weighted by Crippen LogP contribution is 2.08. The second-order valence-corrected chi connectivity index (χ2v) is 5.58. The lowest BCUT2D eigenvalue weighted by Gasteiger charge is -2.14. The van der Waals surface area contributed by atoms with Crippen molar-refractivity contribution in [3.63, 3.8) is 0 Å². The van der Waals surface area contributed by atoms with Crippen molar-refractivity contribution in [1.29, 1.82) is 0 Å². The molecule has 0 radical (unpaired) electrons. The van der Waals surface area contributed by atoms with Gasteiger partial charge < -0.3 is 10.6 Å². The average Bonchev–Trinajstić information content (AvgIpc) is 2.59. The molecule has 2 amide bonds. The molecule has 0 aliphatic carbocycles. The highest BCUT2D eigenvalue weighted by atomic mass is 16.2. The predicted molar refractivity (Wildman–Crippen MR) is 91.5 cm³/mol. The molecular formula is C17H22N4O3. The predicted octanol–water partition coefficient (Wildman–Crippen LogP) is 0.817. The highest BCUT2D eigenvalue weighted by molar-refractivity contribution is 5.87. The topological polar surface area (TPSA) is 93.1 Å². The zero-order valence-corrected chi connectivity index (χ0v) is 13.9. The molecule has 2 aromatic rings. The van der Waals surface area contributed by atoms with Gasteiger partial charge in [-0.1, -0.05) is 19.1 Å². The van der Waals surface area contributed by atoms with Crippen LogP contribution >= 0.6 is 0 Å². The normalized spacial score (nSPS) is 11.9. The molecule has 7 nitrogen and oxygen atoms in total. The van der Waals surface area contributed by atoms with Crippen LogP contribution in [0.2, 0.25) is 0 Å². The van der Waals surface area contributed by atoms with E-state index in [-0.39, 0.29) is 23.7 Å². The maximum Gasteiger partial charge on any atom is 0.242 e. The lowest BCUT2D eigenvalue weighted by atomic mass is 10.2. The van der Waals surface area contributed by atoms with Gasteiger partial charge in [0.1, 0.15) is 6.04 Å². The van der Waals surface area contributed by atoms with E-state index in [1.165, 1.54) is 6.20 Å². The van der Waals surface area contributed by atoms with Crippen LogP contribution < -0.4 is 16.1 Å². The number of benzene rings is 1. The molecule has 0 spiro atoms. The Morgan fingerprint density at radius 1 is 1.29 bits per heavy atom. The van der Waals surface area contributed by atoms with Gasteiger partial charge in [-0.25, -0.2) is 0 Å². The fraction of sp³-hybridized carbons (Fsp3) is 0.412. The number of aryl methyl sites for hydroxylation is 1. The van der Waals surface area contributed by atoms with Crippen molar-refractivity contribution in [3.05, 3.63) is 40.7 Å². The number of amides is 2. The standard InChI is InChI=1S/C17H22N4O3/c1-3-9-18-17(24)12(2)20-16(23)8-10-21-14-7-5-4-6-13(14)15(22)11-19-21/h4-7,11-12H,3,8-10H2,1-2H3,(H,18,24)(H,20,23)/t12-/m0/s1. The molecule has 2 N–H and O–H groups in total. The molecule has 1 atom stereocenters. The first kappa shape index (κ1) is 17.7. The molecule has 1 aromatic carbocycles. The number of carbonyl (C=O) groups excluding carboxylic acids is 2. The largest absolute Gasteiger partial charge is 0.354 e. The van der Waals surface area contributed by atoms with Gasteiger partial charge in [0.2, 0.25) is 17.2 Å². The number of aromatic nitrogens is 2. The number of hydrogen-bond donors (Lipinski definition) is 2. The van der Waals surface area contributed by atoms with Crippen molar-refractivity contribution in [2.24, 2.45) is 0 Å². The van der Waals surface area contributed by atoms with Crippen LogP contribution in [-0.2, 0) is 16.1 Å². The summed E-state index contributed by atoms with van der Waals surface area (Å²) in [7, 11) is 0. The lowest BCUT2D eigenvalue weighted by Crippen LogP contribution is -2.45. The van der Waals surface area contributed by atoms with Gasteiger partial charge in [-0.15, -0.1) is 0 Å². The molecule has 0 aliphatic rings. The molecule has 0 bridgehead atoms. The molecule has 1 aromatic heterocycles. The summed E-state index contributed by atoms with van der Waals surface area (Å²) < 4.78 is 1.62. The van der Waals surface area contributed by atoms with E-state index in [9.17, 15) is 14.4 Å². The average molecular weight is 330 g/mol. The van der Waals surface area contributed by atoms with Gasteiger partial charge in [0.15, 0.2) is 0 Å². The van der Waals surface area contributed by atoms with E-state index in [0.717, 1.165) is 6.42 Å². The smallest absolute Gasteiger partial charge is 0.242 e. The fourth-order valence-electron chi connectivity index (χ4n) is 2.33. The molecule has 24 heavy (non-hydrogen) atoms. The molecule has 0 fully saturated rings. The van der Waals surface area contributed by atoms with E-state index < -0.39 is 6.04 Å². The fourth-order valence-corrected chi connectivity index (χ4v) is 2.33. The Hall–Kier alpha value is -2.70. The zero-order chi connectivity index (χ0) is 17.5. The molecular weight excluding hydrogens is 308 g/mol. The lowest BCUT2D eigenvalue weighted by molar-refractivity contribution is -0.128. The first-order chi connectivity index (χ1) is 11.5. The van der Waals surface area contributed by atoms with Crippen LogP contribution in [0.4, 0.5) is 0 Å². The van der Waals surface area contributed by atoms with Crippen molar-refractivity contribution >= 4 is 22.7 Å². The maximum atomic E-state index is 12.0. The molecule has 1 heterocycles. The zero-order valence-electron chi connectivity index (χ0n) is 13.9. The van der Waals surface area contributed by atoms with Crippen molar-refractivity contribution < 1.29 is 9.59 Å². The Bertz CT molecular complexity index is 785. The molecule has 0 unspecified atom stereocenters. The van der Waals surface area contributed by atoms with Crippen molar-refractivity contribution in [3.8, 4) is 0 Å². The number of nitrogens with one attached hydrogen (secondary N) is 2. The van der Waals surface area contributed by atoms with Crippen LogP contribution in [-0.4, -0.2) is 34.2 Å². The number of para-hydroxylation sites is 1. The monoisotopic (exact) mass is 330 g/mol. The summed E-state index contributed by atoms with van der Waals surface area (Å²) in [6, 6.07) is 6.55. The van der Waals surface area contributed by atoms with E-state index in [2.05, 4.69) is 15.7 Å². The third-order valence-corrected chi connectivity index (χ3v) is 3.63. The van der Waals surface area contributed by atoms with E-state index in [4.69, 9.17) is 0 Å². The minimum absolute atomic E-state index is 0.146. The maximum absolute atomic E-state index is 12.0. The van der Waals surface area contributed by atoms with Crippen LogP contribution in [0.1, 0.15) is 26.7 Å². The summed E-state index contributed by atoms with van der Waals surface area (Å²) in [6.07, 6.45) is 2.27. The van der Waals surface area contributed by atoms with E-state index in [0.29, 0.717) is 24.0 Å². The van der Waals surface area contributed by atoms with Gasteiger partial charge in [0.25, 0.3) is 0 Å². The summed E-state index contributed by atoms with van der Waals surface area (Å²) in [6.45, 7) is 4.53. The molecule has 128 valence electrons. The summed E-state index contributed by atoms with van der Waals surface area (Å²) >= 11 is 0. The van der Waals surface area contributed by atoms with Crippen LogP contribution in [0.15, 0.2) is 35.3 Å². The molecule has 0 saturated carbocycles. The summed E-state index contributed by atoms with van der Waals surface area (Å²) in [5.74, 6) is -0.434. The Labute approximate surface area is 140 Å². The van der Waals surface area contributed by atoms with Crippen molar-refractivity contribution in [2.45, 2.75) is 39.3 Å². The highest BCUT2D eigenvalue weighted by Gasteiger charge is 2.15. The number of carbonyl (C=O) groups is 2. The second kappa shape index (κ2) is 8.24. The third-order valence-electron chi connectivity index (χ3n) is 3.63. The Morgan fingerprint density at radius 3 is 2.79 bits per heavy atom. The van der Waals surface area contributed by atoms with Crippen LogP contribution in [0, 0.1) is 0 Å². The van der Waals surface area contributed by atoms with Crippen LogP contribution in [0.25, 0.3) is 10.9 Å². The van der Waals surface area contributed by atoms with Gasteiger partial charge in [0, 0.05) is 18.4 Å². The SMILES string of the molecule is CCCNC(=O)[C@H](C)NC(=O)CCn1ncc(=O)c2ccccc21. The molecule has 2 rings (SSSR count). The number of fused-ring (bicyclic) bond motifs is 1. The quantitative estimate of drug-likeness (QED) is 0.786. The Morgan fingerprint density at radius 2 is 2.04 bits per heavy atom. The van der Waals surface area contributed by atoms with Crippen molar-refractivity contribution in [2.75, 3.05) is 6.54 Å². The number of hydrogen-bond acceptors (Lipinski definition) is 4. The van der Waals surface area contributed by atoms with Crippen molar-refractivity contribution in [1.82, 2.24) is 20.4 Å². The van der Waals surface area contributed by atoms with Gasteiger partial charge in [-0.3, -0.25) is 19.1 Å². The first-order valence-electron chi connectivity index (χ1n) is 8.05. The van der Waals surface area contributed by atoms with Gasteiger partial charge >= 0.3 is 0 Å². The summed E-state index contributed by atoms with van der Waals surface area (Å²) in [5, 5.41) is 10.0. The summed E-state index contributed by atoms with van der Waals surface area (Å²) in [5.41, 5.74) is 0.541. The van der Waals surface area contributed by atoms with Crippen LogP contribution in [0.5, 0.6) is 0 Å². The Kier molecular flexibility index (Phi) is 6.06. The Balaban J connectivity index is 1.96. The molecule has 7 heteroatoms. The second-order valence-electron chi connectivity index (χ2n) is 5.58. The third kappa shape index (κ3) is 4.41. The van der Waals surface area contributed by atoms with E-state index >= 15 is 0 Å². The van der Waals surface area contributed by atoms with E-state index in [1.807, 2.05) is 13.0 Å². The minimum Gasteiger partial charge on any atom is -0.354 e. The molecule has 0 saturated heterocycles. The van der Waals surface area contributed by atoms with Crippen LogP contribution in [0.3, 0.4) is 0 Å².